The summed E-state index contributed by atoms with van der Waals surface area (Å²) < 4.78 is 57.0. The summed E-state index contributed by atoms with van der Waals surface area (Å²) in [6.45, 7) is 13.3. The molecule has 36 heavy (non-hydrogen) atoms. The molecule has 2 rings (SSSR count). The predicted molar refractivity (Wildman–Crippen MR) is 138 cm³/mol. The molecule has 0 radical (unpaired) electrons. The maximum absolute atomic E-state index is 13.2. The summed E-state index contributed by atoms with van der Waals surface area (Å²) in [5.41, 5.74) is 0.765. The average molecular weight is 510 g/mol. The van der Waals surface area contributed by atoms with Crippen molar-refractivity contribution >= 4 is 5.71 Å². The number of benzene rings is 2. The molecule has 2 aromatic rings. The molecule has 0 N–H and O–H groups in total. The summed E-state index contributed by atoms with van der Waals surface area (Å²) in [6.07, 6.45) is -0.0328. The molecule has 0 amide bonds. The molecule has 8 heteroatoms. The Balaban J connectivity index is 0.00000316. The number of ether oxygens (including phenoxy) is 3. The third-order valence-electron chi connectivity index (χ3n) is 4.97. The van der Waals surface area contributed by atoms with Crippen molar-refractivity contribution in [1.82, 2.24) is 0 Å². The van der Waals surface area contributed by atoms with Gasteiger partial charge in [0.15, 0.2) is 5.71 Å². The molecule has 5 nitrogen and oxygen atoms in total. The first-order valence-electron chi connectivity index (χ1n) is 12.0. The van der Waals surface area contributed by atoms with E-state index >= 15 is 0 Å². The van der Waals surface area contributed by atoms with E-state index < -0.39 is 11.9 Å². The highest BCUT2D eigenvalue weighted by Crippen LogP contribution is 2.29. The number of halogens is 3. The molecule has 2 aromatic carbocycles. The van der Waals surface area contributed by atoms with Crippen molar-refractivity contribution in [3.8, 4) is 17.2 Å². The van der Waals surface area contributed by atoms with Crippen LogP contribution in [0.3, 0.4) is 0 Å². The molecule has 200 valence electrons. The first-order chi connectivity index (χ1) is 17.2. The molecule has 0 aromatic heterocycles. The van der Waals surface area contributed by atoms with Crippen molar-refractivity contribution in [2.24, 2.45) is 11.1 Å². The fraction of sp³-hybridized carbons (Fsp3) is 0.464. The van der Waals surface area contributed by atoms with Crippen molar-refractivity contribution in [3.05, 3.63) is 65.2 Å². The smallest absolute Gasteiger partial charge is 0.437 e. The van der Waals surface area contributed by atoms with Gasteiger partial charge in [-0.1, -0.05) is 50.2 Å². The van der Waals surface area contributed by atoms with Crippen molar-refractivity contribution in [2.75, 3.05) is 26.9 Å². The quantitative estimate of drug-likeness (QED) is 0.167. The number of hydrogen-bond acceptors (Lipinski definition) is 5. The summed E-state index contributed by atoms with van der Waals surface area (Å²) in [4.78, 5) is 4.35. The van der Waals surface area contributed by atoms with Gasteiger partial charge in [0, 0.05) is 5.56 Å². The molecule has 1 unspecified atom stereocenters. The van der Waals surface area contributed by atoms with Crippen molar-refractivity contribution in [1.29, 1.82) is 0 Å². The number of aryl methyl sites for hydroxylation is 2. The van der Waals surface area contributed by atoms with Crippen LogP contribution < -0.4 is 14.2 Å². The van der Waals surface area contributed by atoms with E-state index in [2.05, 4.69) is 9.99 Å². The minimum atomic E-state index is -4.63. The van der Waals surface area contributed by atoms with Crippen LogP contribution in [-0.4, -0.2) is 38.8 Å². The van der Waals surface area contributed by atoms with Crippen molar-refractivity contribution in [3.63, 3.8) is 0 Å². The van der Waals surface area contributed by atoms with Gasteiger partial charge in [0.2, 0.25) is 0 Å². The van der Waals surface area contributed by atoms with Gasteiger partial charge in [-0.3, -0.25) is 0 Å². The Kier molecular flexibility index (Phi) is 13.5. The SMILES string of the molecule is C/C=C/COc1cc(C)c(OCCC(C)COc2cccc(/C(=N\OC)C(F)(F)F)c2)c(C)c1.CC. The fourth-order valence-electron chi connectivity index (χ4n) is 3.24. The van der Waals surface area contributed by atoms with Gasteiger partial charge in [-0.05, 0) is 68.5 Å². The lowest BCUT2D eigenvalue weighted by Crippen LogP contribution is -2.24. The van der Waals surface area contributed by atoms with Gasteiger partial charge in [-0.15, -0.1) is 0 Å². The molecule has 0 bridgehead atoms. The zero-order valence-electron chi connectivity index (χ0n) is 22.2. The molecule has 1 atom stereocenters. The van der Waals surface area contributed by atoms with E-state index in [0.29, 0.717) is 25.6 Å². The summed E-state index contributed by atoms with van der Waals surface area (Å²) in [6, 6.07) is 9.63. The van der Waals surface area contributed by atoms with Gasteiger partial charge in [0.1, 0.15) is 31.0 Å². The van der Waals surface area contributed by atoms with Crippen LogP contribution in [0.4, 0.5) is 13.2 Å². The summed E-state index contributed by atoms with van der Waals surface area (Å²) in [7, 11) is 1.08. The Morgan fingerprint density at radius 3 is 2.25 bits per heavy atom. The van der Waals surface area contributed by atoms with Gasteiger partial charge in [0.25, 0.3) is 0 Å². The summed E-state index contributed by atoms with van der Waals surface area (Å²) >= 11 is 0. The van der Waals surface area contributed by atoms with Gasteiger partial charge in [0.05, 0.1) is 13.2 Å². The summed E-state index contributed by atoms with van der Waals surface area (Å²) in [5.74, 6) is 2.09. The lowest BCUT2D eigenvalue weighted by atomic mass is 10.1. The highest BCUT2D eigenvalue weighted by molar-refractivity contribution is 6.04. The topological polar surface area (TPSA) is 49.3 Å². The van der Waals surface area contributed by atoms with Crippen LogP contribution in [0.1, 0.15) is 50.8 Å². The monoisotopic (exact) mass is 509 g/mol. The average Bonchev–Trinajstić information content (AvgIpc) is 2.84. The first-order valence-corrected chi connectivity index (χ1v) is 12.0. The van der Waals surface area contributed by atoms with Crippen LogP contribution in [0, 0.1) is 19.8 Å². The van der Waals surface area contributed by atoms with Gasteiger partial charge in [-0.25, -0.2) is 0 Å². The number of nitrogens with zero attached hydrogens (tertiary/aromatic N) is 1. The van der Waals surface area contributed by atoms with E-state index in [1.807, 2.05) is 65.8 Å². The van der Waals surface area contributed by atoms with Crippen molar-refractivity contribution in [2.45, 2.75) is 54.1 Å². The molecule has 0 spiro atoms. The van der Waals surface area contributed by atoms with Crippen LogP contribution in [0.15, 0.2) is 53.7 Å². The second-order valence-electron chi connectivity index (χ2n) is 7.97. The Bertz CT molecular complexity index is 964. The Morgan fingerprint density at radius 1 is 1.00 bits per heavy atom. The highest BCUT2D eigenvalue weighted by Gasteiger charge is 2.38. The number of alkyl halides is 3. The molecular weight excluding hydrogens is 471 g/mol. The zero-order chi connectivity index (χ0) is 27.1. The number of hydrogen-bond donors (Lipinski definition) is 0. The maximum atomic E-state index is 13.2. The van der Waals surface area contributed by atoms with E-state index in [1.165, 1.54) is 18.2 Å². The second kappa shape index (κ2) is 15.8. The van der Waals surface area contributed by atoms with E-state index in [4.69, 9.17) is 14.2 Å². The normalized spacial score (nSPS) is 12.6. The predicted octanol–water partition coefficient (Wildman–Crippen LogP) is 7.68. The second-order valence-corrected chi connectivity index (χ2v) is 7.97. The standard InChI is InChI=1S/C26H32F3NO4.C2H6/c1-6-7-12-32-23-14-19(3)24(20(4)15-23)33-13-11-18(2)17-34-22-10-8-9-21(16-22)25(30-31-5)26(27,28)29;1-2/h6-10,14-16,18H,11-13,17H2,1-5H3;1-2H3/b7-6+,30-25+;. The fourth-order valence-corrected chi connectivity index (χ4v) is 3.24. The van der Waals surface area contributed by atoms with E-state index in [1.54, 1.807) is 6.07 Å². The Labute approximate surface area is 212 Å². The molecule has 0 heterocycles. The molecule has 0 saturated carbocycles. The Morgan fingerprint density at radius 2 is 1.67 bits per heavy atom. The van der Waals surface area contributed by atoms with E-state index in [-0.39, 0.29) is 11.5 Å². The van der Waals surface area contributed by atoms with Crippen molar-refractivity contribution < 1.29 is 32.2 Å². The van der Waals surface area contributed by atoms with Crippen LogP contribution in [0.5, 0.6) is 17.2 Å². The summed E-state index contributed by atoms with van der Waals surface area (Å²) in [5, 5.41) is 3.12. The van der Waals surface area contributed by atoms with Gasteiger partial charge < -0.3 is 19.0 Å². The largest absolute Gasteiger partial charge is 0.493 e. The van der Waals surface area contributed by atoms with Crippen LogP contribution in [0.25, 0.3) is 0 Å². The first kappa shape index (κ1) is 30.9. The van der Waals surface area contributed by atoms with Gasteiger partial charge in [-0.2, -0.15) is 13.2 Å². The third-order valence-corrected chi connectivity index (χ3v) is 4.97. The number of oxime groups is 1. The highest BCUT2D eigenvalue weighted by atomic mass is 19.4. The number of rotatable bonds is 12. The van der Waals surface area contributed by atoms with Crippen LogP contribution in [-0.2, 0) is 4.84 Å². The maximum Gasteiger partial charge on any atom is 0.437 e. The minimum absolute atomic E-state index is 0.119. The minimum Gasteiger partial charge on any atom is -0.493 e. The lowest BCUT2D eigenvalue weighted by Gasteiger charge is -2.17. The van der Waals surface area contributed by atoms with Gasteiger partial charge >= 0.3 is 6.18 Å². The number of allylic oxidation sites excluding steroid dienone is 1. The Hall–Kier alpha value is -3.16. The lowest BCUT2D eigenvalue weighted by molar-refractivity contribution is -0.0608. The van der Waals surface area contributed by atoms with Crippen LogP contribution >= 0.6 is 0 Å². The van der Waals surface area contributed by atoms with E-state index in [0.717, 1.165) is 36.2 Å². The zero-order valence-corrected chi connectivity index (χ0v) is 22.2. The molecule has 0 aliphatic carbocycles. The molecule has 0 aliphatic rings. The molecule has 0 aliphatic heterocycles. The molecular formula is C28H38F3NO4. The van der Waals surface area contributed by atoms with Crippen LogP contribution in [0.2, 0.25) is 0 Å². The molecule has 0 fully saturated rings. The third kappa shape index (κ3) is 10.2. The molecule has 0 saturated heterocycles. The van der Waals surface area contributed by atoms with E-state index in [9.17, 15) is 13.2 Å².